The van der Waals surface area contributed by atoms with Gasteiger partial charge in [-0.1, -0.05) is 13.8 Å². The molecule has 1 saturated heterocycles. The molecule has 0 aromatic carbocycles. The van der Waals surface area contributed by atoms with Crippen LogP contribution in [0, 0.1) is 18.8 Å². The van der Waals surface area contributed by atoms with Crippen LogP contribution in [0.4, 0.5) is 0 Å². The van der Waals surface area contributed by atoms with Crippen molar-refractivity contribution in [2.45, 2.75) is 53.0 Å². The lowest BCUT2D eigenvalue weighted by molar-refractivity contribution is 0.167. The van der Waals surface area contributed by atoms with Crippen molar-refractivity contribution >= 4 is 0 Å². The molecule has 0 amide bonds. The van der Waals surface area contributed by atoms with Gasteiger partial charge in [0.25, 0.3) is 0 Å². The molecule has 1 aromatic rings. The highest BCUT2D eigenvalue weighted by atomic mass is 15.3. The number of aryl methyl sites for hydroxylation is 1. The van der Waals surface area contributed by atoms with E-state index in [1.54, 1.807) is 0 Å². The summed E-state index contributed by atoms with van der Waals surface area (Å²) < 4.78 is 2.12. The zero-order valence-electron chi connectivity index (χ0n) is 12.8. The Hall–Kier alpha value is -0.830. The molecule has 0 saturated carbocycles. The molecule has 3 heteroatoms. The number of hydrogen-bond donors (Lipinski definition) is 0. The van der Waals surface area contributed by atoms with Crippen LogP contribution >= 0.6 is 0 Å². The summed E-state index contributed by atoms with van der Waals surface area (Å²) >= 11 is 0. The van der Waals surface area contributed by atoms with E-state index in [9.17, 15) is 0 Å². The molecule has 0 N–H and O–H groups in total. The molecule has 0 atom stereocenters. The van der Waals surface area contributed by atoms with Crippen molar-refractivity contribution in [3.63, 3.8) is 0 Å². The highest BCUT2D eigenvalue weighted by Crippen LogP contribution is 2.19. The first-order valence-electron chi connectivity index (χ1n) is 7.85. The molecular weight excluding hydrogens is 234 g/mol. The van der Waals surface area contributed by atoms with Crippen molar-refractivity contribution < 1.29 is 0 Å². The van der Waals surface area contributed by atoms with Crippen LogP contribution in [-0.2, 0) is 6.54 Å². The van der Waals surface area contributed by atoms with Gasteiger partial charge in [0.15, 0.2) is 0 Å². The molecular formula is C16H29N3. The molecule has 0 radical (unpaired) electrons. The second-order valence-corrected chi connectivity index (χ2v) is 6.56. The van der Waals surface area contributed by atoms with Gasteiger partial charge in [0.1, 0.15) is 0 Å². The molecule has 2 heterocycles. The average molecular weight is 263 g/mol. The molecule has 1 aromatic heterocycles. The Balaban J connectivity index is 1.65. The zero-order valence-corrected chi connectivity index (χ0v) is 12.8. The third-order valence-corrected chi connectivity index (χ3v) is 4.17. The normalized spacial score (nSPS) is 18.3. The summed E-state index contributed by atoms with van der Waals surface area (Å²) in [5.74, 6) is 1.67. The molecule has 3 nitrogen and oxygen atoms in total. The van der Waals surface area contributed by atoms with Gasteiger partial charge in [-0.15, -0.1) is 0 Å². The molecule has 0 aliphatic carbocycles. The lowest BCUT2D eigenvalue weighted by Gasteiger charge is -2.32. The van der Waals surface area contributed by atoms with E-state index in [-0.39, 0.29) is 0 Å². The molecule has 2 rings (SSSR count). The van der Waals surface area contributed by atoms with Crippen LogP contribution in [0.15, 0.2) is 12.4 Å². The van der Waals surface area contributed by atoms with Gasteiger partial charge in [-0.3, -0.25) is 4.68 Å². The van der Waals surface area contributed by atoms with Crippen molar-refractivity contribution in [2.75, 3.05) is 19.6 Å². The fourth-order valence-corrected chi connectivity index (χ4v) is 2.95. The number of piperidine rings is 1. The predicted molar refractivity (Wildman–Crippen MR) is 80.2 cm³/mol. The van der Waals surface area contributed by atoms with E-state index in [1.807, 2.05) is 6.20 Å². The first kappa shape index (κ1) is 14.6. The lowest BCUT2D eigenvalue weighted by atomic mass is 9.96. The summed E-state index contributed by atoms with van der Waals surface area (Å²) in [7, 11) is 0. The maximum atomic E-state index is 4.40. The van der Waals surface area contributed by atoms with E-state index in [2.05, 4.69) is 41.6 Å². The maximum Gasteiger partial charge on any atom is 0.0518 e. The Kier molecular flexibility index (Phi) is 5.44. The predicted octanol–water partition coefficient (Wildman–Crippen LogP) is 3.34. The SMILES string of the molecule is Cc1cnn(CC2CCN(CCCC(C)C)CC2)c1. The second kappa shape index (κ2) is 7.09. The van der Waals surface area contributed by atoms with E-state index in [1.165, 1.54) is 50.9 Å². The number of likely N-dealkylation sites (tertiary alicyclic amines) is 1. The molecule has 1 aliphatic rings. The van der Waals surface area contributed by atoms with Gasteiger partial charge in [0, 0.05) is 12.7 Å². The van der Waals surface area contributed by atoms with Crippen LogP contribution in [0.1, 0.15) is 45.1 Å². The average Bonchev–Trinajstić information content (AvgIpc) is 2.77. The van der Waals surface area contributed by atoms with Crippen molar-refractivity contribution in [3.8, 4) is 0 Å². The molecule has 19 heavy (non-hydrogen) atoms. The van der Waals surface area contributed by atoms with Gasteiger partial charge >= 0.3 is 0 Å². The van der Waals surface area contributed by atoms with E-state index in [4.69, 9.17) is 0 Å². The van der Waals surface area contributed by atoms with Crippen molar-refractivity contribution in [3.05, 3.63) is 18.0 Å². The summed E-state index contributed by atoms with van der Waals surface area (Å²) in [6.07, 6.45) is 9.52. The summed E-state index contributed by atoms with van der Waals surface area (Å²) in [5.41, 5.74) is 1.27. The monoisotopic (exact) mass is 263 g/mol. The Bertz CT molecular complexity index is 362. The molecule has 0 bridgehead atoms. The smallest absolute Gasteiger partial charge is 0.0518 e. The number of aromatic nitrogens is 2. The first-order chi connectivity index (χ1) is 9.13. The topological polar surface area (TPSA) is 21.1 Å². The quantitative estimate of drug-likeness (QED) is 0.785. The van der Waals surface area contributed by atoms with E-state index < -0.39 is 0 Å². The van der Waals surface area contributed by atoms with Crippen LogP contribution in [0.5, 0.6) is 0 Å². The van der Waals surface area contributed by atoms with Gasteiger partial charge in [-0.2, -0.15) is 5.10 Å². The third kappa shape index (κ3) is 4.98. The minimum Gasteiger partial charge on any atom is -0.303 e. The van der Waals surface area contributed by atoms with E-state index >= 15 is 0 Å². The van der Waals surface area contributed by atoms with E-state index in [0.29, 0.717) is 0 Å². The van der Waals surface area contributed by atoms with Gasteiger partial charge in [-0.25, -0.2) is 0 Å². The third-order valence-electron chi connectivity index (χ3n) is 4.17. The van der Waals surface area contributed by atoms with Gasteiger partial charge < -0.3 is 4.90 Å². The van der Waals surface area contributed by atoms with Crippen LogP contribution in [-0.4, -0.2) is 34.3 Å². The molecule has 1 aliphatic heterocycles. The van der Waals surface area contributed by atoms with Crippen molar-refractivity contribution in [1.29, 1.82) is 0 Å². The summed E-state index contributed by atoms with van der Waals surface area (Å²) in [5, 5.41) is 4.40. The maximum absolute atomic E-state index is 4.40. The van der Waals surface area contributed by atoms with Crippen molar-refractivity contribution in [2.24, 2.45) is 11.8 Å². The summed E-state index contributed by atoms with van der Waals surface area (Å²) in [6.45, 7) is 11.7. The Morgan fingerprint density at radius 2 is 2.05 bits per heavy atom. The van der Waals surface area contributed by atoms with Crippen LogP contribution in [0.3, 0.4) is 0 Å². The van der Waals surface area contributed by atoms with Crippen LogP contribution in [0.2, 0.25) is 0 Å². The van der Waals surface area contributed by atoms with Crippen molar-refractivity contribution in [1.82, 2.24) is 14.7 Å². The Labute approximate surface area is 118 Å². The highest BCUT2D eigenvalue weighted by molar-refractivity contribution is 4.99. The van der Waals surface area contributed by atoms with E-state index in [0.717, 1.165) is 18.4 Å². The molecule has 0 unspecified atom stereocenters. The fraction of sp³-hybridized carbons (Fsp3) is 0.812. The molecule has 0 spiro atoms. The van der Waals surface area contributed by atoms with Gasteiger partial charge in [-0.05, 0) is 69.6 Å². The minimum absolute atomic E-state index is 0.820. The summed E-state index contributed by atoms with van der Waals surface area (Å²) in [6, 6.07) is 0. The Morgan fingerprint density at radius 3 is 2.63 bits per heavy atom. The summed E-state index contributed by atoms with van der Waals surface area (Å²) in [4.78, 5) is 2.65. The van der Waals surface area contributed by atoms with Crippen LogP contribution < -0.4 is 0 Å². The van der Waals surface area contributed by atoms with Crippen LogP contribution in [0.25, 0.3) is 0 Å². The number of hydrogen-bond acceptors (Lipinski definition) is 2. The molecule has 108 valence electrons. The highest BCUT2D eigenvalue weighted by Gasteiger charge is 2.19. The number of nitrogens with zero attached hydrogens (tertiary/aromatic N) is 3. The lowest BCUT2D eigenvalue weighted by Crippen LogP contribution is -2.35. The first-order valence-corrected chi connectivity index (χ1v) is 7.85. The standard InChI is InChI=1S/C16H29N3/c1-14(2)5-4-8-18-9-6-16(7-10-18)13-19-12-15(3)11-17-19/h11-12,14,16H,4-10,13H2,1-3H3. The second-order valence-electron chi connectivity index (χ2n) is 6.56. The van der Waals surface area contributed by atoms with Gasteiger partial charge in [0.05, 0.1) is 6.20 Å². The minimum atomic E-state index is 0.820. The zero-order chi connectivity index (χ0) is 13.7. The largest absolute Gasteiger partial charge is 0.303 e. The fourth-order valence-electron chi connectivity index (χ4n) is 2.95. The Morgan fingerprint density at radius 1 is 1.32 bits per heavy atom. The molecule has 1 fully saturated rings. The van der Waals surface area contributed by atoms with Gasteiger partial charge in [0.2, 0.25) is 0 Å². The number of rotatable bonds is 6.